The van der Waals surface area contributed by atoms with Gasteiger partial charge in [0.2, 0.25) is 0 Å². The molecule has 1 unspecified atom stereocenters. The van der Waals surface area contributed by atoms with E-state index in [2.05, 4.69) is 19.9 Å². The third kappa shape index (κ3) is 2.53. The number of ether oxygens (including phenoxy) is 1. The van der Waals surface area contributed by atoms with E-state index in [1.807, 2.05) is 18.2 Å². The van der Waals surface area contributed by atoms with Gasteiger partial charge in [-0.15, -0.1) is 11.3 Å². The highest BCUT2D eigenvalue weighted by Crippen LogP contribution is 2.35. The number of nitrogens with two attached hydrogens (primary N) is 1. The second kappa shape index (κ2) is 5.31. The summed E-state index contributed by atoms with van der Waals surface area (Å²) in [6.07, 6.45) is 0. The molecule has 2 rings (SSSR count). The first-order valence-electron chi connectivity index (χ1n) is 5.69. The smallest absolute Gasteiger partial charge is 0.124 e. The van der Waals surface area contributed by atoms with Gasteiger partial charge in [-0.2, -0.15) is 0 Å². The summed E-state index contributed by atoms with van der Waals surface area (Å²) >= 11 is 7.76. The van der Waals surface area contributed by atoms with Crippen molar-refractivity contribution in [2.24, 2.45) is 5.73 Å². The molecule has 1 heterocycles. The molecule has 0 saturated carbocycles. The van der Waals surface area contributed by atoms with E-state index in [-0.39, 0.29) is 6.04 Å². The number of thiophene rings is 1. The standard InChI is InChI=1S/C14H16ClNOS/c1-8-6-9(2)18-14(8)13(16)11-7-10(15)4-5-12(11)17-3/h4-7,13H,16H2,1-3H3. The highest BCUT2D eigenvalue weighted by molar-refractivity contribution is 7.12. The van der Waals surface area contributed by atoms with Crippen LogP contribution in [0.2, 0.25) is 5.02 Å². The fourth-order valence-corrected chi connectivity index (χ4v) is 3.29. The Balaban J connectivity index is 2.48. The minimum atomic E-state index is -0.197. The topological polar surface area (TPSA) is 35.2 Å². The van der Waals surface area contributed by atoms with Crippen molar-refractivity contribution in [1.29, 1.82) is 0 Å². The fraction of sp³-hybridized carbons (Fsp3) is 0.286. The summed E-state index contributed by atoms with van der Waals surface area (Å²) in [5, 5.41) is 0.673. The molecule has 2 nitrogen and oxygen atoms in total. The molecule has 0 aliphatic carbocycles. The number of methoxy groups -OCH3 is 1. The Morgan fingerprint density at radius 2 is 2.00 bits per heavy atom. The maximum absolute atomic E-state index is 6.35. The lowest BCUT2D eigenvalue weighted by atomic mass is 10.0. The molecule has 0 aliphatic heterocycles. The zero-order valence-electron chi connectivity index (χ0n) is 10.7. The van der Waals surface area contributed by atoms with Gasteiger partial charge in [-0.05, 0) is 43.7 Å². The predicted octanol–water partition coefficient (Wildman–Crippen LogP) is 4.08. The van der Waals surface area contributed by atoms with Gasteiger partial charge in [-0.3, -0.25) is 0 Å². The highest BCUT2D eigenvalue weighted by atomic mass is 35.5. The molecule has 0 radical (unpaired) electrons. The van der Waals surface area contributed by atoms with Crippen molar-refractivity contribution >= 4 is 22.9 Å². The molecular weight excluding hydrogens is 266 g/mol. The second-order valence-corrected chi connectivity index (χ2v) is 5.99. The molecule has 1 aromatic heterocycles. The van der Waals surface area contributed by atoms with Crippen molar-refractivity contribution in [2.45, 2.75) is 19.9 Å². The number of aryl methyl sites for hydroxylation is 2. The molecule has 96 valence electrons. The SMILES string of the molecule is COc1ccc(Cl)cc1C(N)c1sc(C)cc1C. The lowest BCUT2D eigenvalue weighted by Crippen LogP contribution is -2.12. The molecule has 0 spiro atoms. The summed E-state index contributed by atoms with van der Waals surface area (Å²) in [7, 11) is 1.64. The summed E-state index contributed by atoms with van der Waals surface area (Å²) in [5.41, 5.74) is 8.49. The average molecular weight is 282 g/mol. The Hall–Kier alpha value is -1.03. The van der Waals surface area contributed by atoms with Crippen LogP contribution in [0.3, 0.4) is 0 Å². The summed E-state index contributed by atoms with van der Waals surface area (Å²) in [5.74, 6) is 0.775. The van der Waals surface area contributed by atoms with Crippen LogP contribution >= 0.6 is 22.9 Å². The minimum Gasteiger partial charge on any atom is -0.496 e. The van der Waals surface area contributed by atoms with Gasteiger partial charge in [0, 0.05) is 20.3 Å². The number of hydrogen-bond donors (Lipinski definition) is 1. The van der Waals surface area contributed by atoms with E-state index in [9.17, 15) is 0 Å². The Labute approximate surface area is 116 Å². The van der Waals surface area contributed by atoms with Crippen molar-refractivity contribution < 1.29 is 4.74 Å². The van der Waals surface area contributed by atoms with E-state index in [1.54, 1.807) is 18.4 Å². The first-order chi connectivity index (χ1) is 8.52. The Kier molecular flexibility index (Phi) is 3.95. The van der Waals surface area contributed by atoms with Gasteiger partial charge >= 0.3 is 0 Å². The van der Waals surface area contributed by atoms with Crippen LogP contribution in [0, 0.1) is 13.8 Å². The lowest BCUT2D eigenvalue weighted by Gasteiger charge is -2.16. The highest BCUT2D eigenvalue weighted by Gasteiger charge is 2.18. The second-order valence-electron chi connectivity index (χ2n) is 4.27. The van der Waals surface area contributed by atoms with Gasteiger partial charge in [0.15, 0.2) is 0 Å². The van der Waals surface area contributed by atoms with Crippen LogP contribution in [0.1, 0.15) is 26.9 Å². The summed E-state index contributed by atoms with van der Waals surface area (Å²) in [6, 6.07) is 7.49. The van der Waals surface area contributed by atoms with E-state index in [0.717, 1.165) is 16.2 Å². The third-order valence-electron chi connectivity index (χ3n) is 2.89. The molecule has 0 fully saturated rings. The minimum absolute atomic E-state index is 0.197. The molecule has 0 bridgehead atoms. The van der Waals surface area contributed by atoms with Gasteiger partial charge in [0.25, 0.3) is 0 Å². The van der Waals surface area contributed by atoms with Crippen LogP contribution in [0.5, 0.6) is 5.75 Å². The summed E-state index contributed by atoms with van der Waals surface area (Å²) < 4.78 is 5.36. The van der Waals surface area contributed by atoms with Crippen LogP contribution in [-0.4, -0.2) is 7.11 Å². The van der Waals surface area contributed by atoms with E-state index in [1.165, 1.54) is 10.4 Å². The molecule has 4 heteroatoms. The van der Waals surface area contributed by atoms with Crippen molar-refractivity contribution in [3.63, 3.8) is 0 Å². The molecular formula is C14H16ClNOS. The van der Waals surface area contributed by atoms with Crippen LogP contribution in [-0.2, 0) is 0 Å². The largest absolute Gasteiger partial charge is 0.496 e. The molecule has 1 atom stereocenters. The average Bonchev–Trinajstić information content (AvgIpc) is 2.67. The molecule has 0 amide bonds. The molecule has 0 saturated heterocycles. The normalized spacial score (nSPS) is 12.5. The van der Waals surface area contributed by atoms with Crippen molar-refractivity contribution in [3.05, 3.63) is 50.2 Å². The number of hydrogen-bond acceptors (Lipinski definition) is 3. The van der Waals surface area contributed by atoms with E-state index < -0.39 is 0 Å². The van der Waals surface area contributed by atoms with Crippen LogP contribution in [0.15, 0.2) is 24.3 Å². The van der Waals surface area contributed by atoms with Crippen molar-refractivity contribution in [2.75, 3.05) is 7.11 Å². The zero-order valence-corrected chi connectivity index (χ0v) is 12.2. The lowest BCUT2D eigenvalue weighted by molar-refractivity contribution is 0.408. The molecule has 0 aliphatic rings. The molecule has 1 aromatic carbocycles. The quantitative estimate of drug-likeness (QED) is 0.920. The Bertz CT molecular complexity index is 565. The Morgan fingerprint density at radius 3 is 2.56 bits per heavy atom. The van der Waals surface area contributed by atoms with Gasteiger partial charge < -0.3 is 10.5 Å². The van der Waals surface area contributed by atoms with Gasteiger partial charge in [-0.1, -0.05) is 11.6 Å². The zero-order chi connectivity index (χ0) is 13.3. The predicted molar refractivity (Wildman–Crippen MR) is 77.8 cm³/mol. The van der Waals surface area contributed by atoms with E-state index >= 15 is 0 Å². The van der Waals surface area contributed by atoms with Crippen LogP contribution < -0.4 is 10.5 Å². The Morgan fingerprint density at radius 1 is 1.28 bits per heavy atom. The maximum Gasteiger partial charge on any atom is 0.124 e. The monoisotopic (exact) mass is 281 g/mol. The van der Waals surface area contributed by atoms with Crippen molar-refractivity contribution in [3.8, 4) is 5.75 Å². The van der Waals surface area contributed by atoms with Crippen LogP contribution in [0.4, 0.5) is 0 Å². The van der Waals surface area contributed by atoms with Crippen LogP contribution in [0.25, 0.3) is 0 Å². The number of rotatable bonds is 3. The third-order valence-corrected chi connectivity index (χ3v) is 4.36. The van der Waals surface area contributed by atoms with Crippen molar-refractivity contribution in [1.82, 2.24) is 0 Å². The van der Waals surface area contributed by atoms with Gasteiger partial charge in [0.1, 0.15) is 5.75 Å². The number of benzene rings is 1. The summed E-state index contributed by atoms with van der Waals surface area (Å²) in [6.45, 7) is 4.17. The first-order valence-corrected chi connectivity index (χ1v) is 6.88. The summed E-state index contributed by atoms with van der Waals surface area (Å²) in [4.78, 5) is 2.42. The van der Waals surface area contributed by atoms with E-state index in [0.29, 0.717) is 5.02 Å². The first kappa shape index (κ1) is 13.4. The molecule has 2 N–H and O–H groups in total. The van der Waals surface area contributed by atoms with Gasteiger partial charge in [-0.25, -0.2) is 0 Å². The molecule has 2 aromatic rings. The number of halogens is 1. The maximum atomic E-state index is 6.35. The van der Waals surface area contributed by atoms with Gasteiger partial charge in [0.05, 0.1) is 13.2 Å². The fourth-order valence-electron chi connectivity index (χ4n) is 2.06. The molecule has 18 heavy (non-hydrogen) atoms. The van der Waals surface area contributed by atoms with E-state index in [4.69, 9.17) is 22.1 Å².